The maximum absolute atomic E-state index is 12.5. The van der Waals surface area contributed by atoms with Crippen LogP contribution >= 0.6 is 0 Å². The summed E-state index contributed by atoms with van der Waals surface area (Å²) in [5, 5.41) is 9.71. The Morgan fingerprint density at radius 1 is 1.14 bits per heavy atom. The van der Waals surface area contributed by atoms with Crippen LogP contribution in [-0.2, 0) is 9.59 Å². The van der Waals surface area contributed by atoms with Crippen molar-refractivity contribution in [2.45, 2.75) is 71.3 Å². The van der Waals surface area contributed by atoms with E-state index in [1.807, 2.05) is 13.8 Å². The first-order valence-corrected chi connectivity index (χ1v) is 10.1. The number of nitrogens with zero attached hydrogens (tertiary/aromatic N) is 3. The lowest BCUT2D eigenvalue weighted by Gasteiger charge is -2.16. The van der Waals surface area contributed by atoms with Gasteiger partial charge in [-0.25, -0.2) is 4.98 Å². The molecule has 2 aromatic heterocycles. The lowest BCUT2D eigenvalue weighted by molar-refractivity contribution is -0.136. The average Bonchev–Trinajstić information content (AvgIpc) is 2.86. The second-order valence-corrected chi connectivity index (χ2v) is 7.85. The van der Waals surface area contributed by atoms with E-state index in [9.17, 15) is 14.4 Å². The molecule has 1 saturated carbocycles. The third-order valence-electron chi connectivity index (χ3n) is 5.01. The Morgan fingerprint density at radius 3 is 2.48 bits per heavy atom. The summed E-state index contributed by atoms with van der Waals surface area (Å²) < 4.78 is 1.33. The predicted molar refractivity (Wildman–Crippen MR) is 109 cm³/mol. The number of amides is 2. The lowest BCUT2D eigenvalue weighted by atomic mass is 10.1. The molecule has 0 atom stereocenters. The van der Waals surface area contributed by atoms with Crippen LogP contribution in [0.15, 0.2) is 16.9 Å². The molecule has 1 aliphatic carbocycles. The molecule has 3 N–H and O–H groups in total. The van der Waals surface area contributed by atoms with Crippen LogP contribution in [0.2, 0.25) is 0 Å². The number of carbonyl (C=O) groups is 2. The van der Waals surface area contributed by atoms with Gasteiger partial charge in [0.05, 0.1) is 11.4 Å². The van der Waals surface area contributed by atoms with Gasteiger partial charge >= 0.3 is 11.8 Å². The van der Waals surface area contributed by atoms with Crippen LogP contribution in [0.1, 0.15) is 69.7 Å². The van der Waals surface area contributed by atoms with E-state index >= 15 is 0 Å². The van der Waals surface area contributed by atoms with Crippen molar-refractivity contribution in [2.24, 2.45) is 0 Å². The molecule has 0 bridgehead atoms. The van der Waals surface area contributed by atoms with Gasteiger partial charge in [-0.05, 0) is 25.7 Å². The summed E-state index contributed by atoms with van der Waals surface area (Å²) in [6.07, 6.45) is 6.23. The highest BCUT2D eigenvalue weighted by atomic mass is 16.2. The van der Waals surface area contributed by atoms with Crippen LogP contribution in [0.4, 0.5) is 5.82 Å². The first-order chi connectivity index (χ1) is 13.8. The second-order valence-electron chi connectivity index (χ2n) is 7.85. The highest BCUT2D eigenvalue weighted by Crippen LogP contribution is 2.18. The molecule has 29 heavy (non-hydrogen) atoms. The van der Waals surface area contributed by atoms with Crippen molar-refractivity contribution in [3.05, 3.63) is 33.9 Å². The number of aromatic nitrogens is 4. The molecule has 1 aliphatic rings. The van der Waals surface area contributed by atoms with Crippen molar-refractivity contribution < 1.29 is 9.59 Å². The van der Waals surface area contributed by atoms with Gasteiger partial charge in [0.15, 0.2) is 0 Å². The molecule has 9 nitrogen and oxygen atoms in total. The van der Waals surface area contributed by atoms with Crippen LogP contribution in [-0.4, -0.2) is 37.6 Å². The number of rotatable bonds is 4. The molecule has 0 aromatic carbocycles. The van der Waals surface area contributed by atoms with Crippen molar-refractivity contribution in [1.82, 2.24) is 25.1 Å². The Balaban J connectivity index is 1.78. The number of anilines is 1. The molecule has 0 aliphatic heterocycles. The molecule has 0 unspecified atom stereocenters. The predicted octanol–water partition coefficient (Wildman–Crippen LogP) is 2.16. The zero-order chi connectivity index (χ0) is 21.0. The molecular formula is C20H28N6O3. The molecule has 0 radical (unpaired) electrons. The molecule has 2 amide bonds. The van der Waals surface area contributed by atoms with Crippen molar-refractivity contribution in [3.8, 4) is 5.95 Å². The number of aromatic amines is 1. The van der Waals surface area contributed by atoms with Gasteiger partial charge in [-0.15, -0.1) is 0 Å². The van der Waals surface area contributed by atoms with Gasteiger partial charge in [0.1, 0.15) is 5.82 Å². The fourth-order valence-electron chi connectivity index (χ4n) is 3.46. The monoisotopic (exact) mass is 400 g/mol. The normalized spacial score (nSPS) is 15.2. The summed E-state index contributed by atoms with van der Waals surface area (Å²) in [7, 11) is 0. The maximum Gasteiger partial charge on any atom is 0.314 e. The van der Waals surface area contributed by atoms with Crippen LogP contribution in [0, 0.1) is 6.92 Å². The largest absolute Gasteiger partial charge is 0.345 e. The summed E-state index contributed by atoms with van der Waals surface area (Å²) in [5.74, 6) is -0.921. The minimum Gasteiger partial charge on any atom is -0.345 e. The molecular weight excluding hydrogens is 372 g/mol. The molecule has 9 heteroatoms. The fraction of sp³-hybridized carbons (Fsp3) is 0.550. The number of aryl methyl sites for hydroxylation is 1. The highest BCUT2D eigenvalue weighted by molar-refractivity contribution is 6.39. The molecule has 1 fully saturated rings. The number of H-pyrrole nitrogens is 1. The van der Waals surface area contributed by atoms with Crippen LogP contribution < -0.4 is 16.2 Å². The summed E-state index contributed by atoms with van der Waals surface area (Å²) >= 11 is 0. The number of hydrogen-bond acceptors (Lipinski definition) is 5. The molecule has 2 heterocycles. The van der Waals surface area contributed by atoms with E-state index in [-0.39, 0.29) is 29.3 Å². The minimum atomic E-state index is -0.766. The second kappa shape index (κ2) is 9.02. The Kier molecular flexibility index (Phi) is 6.46. The van der Waals surface area contributed by atoms with Crippen molar-refractivity contribution >= 4 is 17.6 Å². The Hall–Kier alpha value is -2.97. The molecule has 0 spiro atoms. The van der Waals surface area contributed by atoms with Gasteiger partial charge in [0, 0.05) is 18.2 Å². The van der Waals surface area contributed by atoms with E-state index in [0.29, 0.717) is 11.4 Å². The number of carbonyl (C=O) groups excluding carboxylic acids is 2. The van der Waals surface area contributed by atoms with Gasteiger partial charge < -0.3 is 10.6 Å². The Bertz CT molecular complexity index is 938. The van der Waals surface area contributed by atoms with Gasteiger partial charge in [-0.2, -0.15) is 9.78 Å². The van der Waals surface area contributed by atoms with E-state index in [1.54, 1.807) is 13.0 Å². The number of nitrogens with one attached hydrogen (secondary N) is 3. The maximum atomic E-state index is 12.5. The van der Waals surface area contributed by atoms with Gasteiger partial charge in [-0.3, -0.25) is 19.4 Å². The Morgan fingerprint density at radius 2 is 1.83 bits per heavy atom. The zero-order valence-corrected chi connectivity index (χ0v) is 17.1. The molecule has 0 saturated heterocycles. The van der Waals surface area contributed by atoms with Gasteiger partial charge in [0.25, 0.3) is 5.56 Å². The van der Waals surface area contributed by atoms with Crippen molar-refractivity contribution in [1.29, 1.82) is 0 Å². The van der Waals surface area contributed by atoms with Crippen molar-refractivity contribution in [2.75, 3.05) is 5.32 Å². The third-order valence-corrected chi connectivity index (χ3v) is 5.01. The summed E-state index contributed by atoms with van der Waals surface area (Å²) in [6.45, 7) is 5.61. The minimum absolute atomic E-state index is 0.0307. The number of hydrogen-bond donors (Lipinski definition) is 3. The van der Waals surface area contributed by atoms with E-state index in [1.165, 1.54) is 10.7 Å². The lowest BCUT2D eigenvalue weighted by Crippen LogP contribution is -2.41. The first kappa shape index (κ1) is 20.8. The van der Waals surface area contributed by atoms with E-state index < -0.39 is 11.8 Å². The summed E-state index contributed by atoms with van der Waals surface area (Å²) in [4.78, 5) is 43.9. The van der Waals surface area contributed by atoms with Gasteiger partial charge in [0.2, 0.25) is 5.95 Å². The topological polar surface area (TPSA) is 122 Å². The van der Waals surface area contributed by atoms with E-state index in [4.69, 9.17) is 0 Å². The standard InChI is InChI=1S/C20H28N6O3/c1-12(2)15-11-17(27)24-20(22-15)26-16(10-13(3)25-26)23-19(29)18(28)21-14-8-6-4-5-7-9-14/h10-12,14H,4-9H2,1-3H3,(H,21,28)(H,23,29)(H,22,24,27). The smallest absolute Gasteiger partial charge is 0.314 e. The van der Waals surface area contributed by atoms with Gasteiger partial charge in [-0.1, -0.05) is 39.5 Å². The summed E-state index contributed by atoms with van der Waals surface area (Å²) in [5.41, 5.74) is 0.914. The SMILES string of the molecule is Cc1cc(NC(=O)C(=O)NC2CCCCCC2)n(-c2nc(C(C)C)cc(=O)[nH]2)n1. The van der Waals surface area contributed by atoms with Crippen LogP contribution in [0.5, 0.6) is 0 Å². The fourth-order valence-corrected chi connectivity index (χ4v) is 3.46. The van der Waals surface area contributed by atoms with Crippen LogP contribution in [0.3, 0.4) is 0 Å². The summed E-state index contributed by atoms with van der Waals surface area (Å²) in [6, 6.07) is 3.09. The molecule has 156 valence electrons. The molecule has 3 rings (SSSR count). The Labute approximate surface area is 169 Å². The van der Waals surface area contributed by atoms with E-state index in [2.05, 4.69) is 25.7 Å². The third kappa shape index (κ3) is 5.30. The van der Waals surface area contributed by atoms with E-state index in [0.717, 1.165) is 38.5 Å². The average molecular weight is 400 g/mol. The highest BCUT2D eigenvalue weighted by Gasteiger charge is 2.22. The molecule has 2 aromatic rings. The van der Waals surface area contributed by atoms with Crippen LogP contribution in [0.25, 0.3) is 5.95 Å². The zero-order valence-electron chi connectivity index (χ0n) is 17.1. The quantitative estimate of drug-likeness (QED) is 0.536. The first-order valence-electron chi connectivity index (χ1n) is 10.1. The van der Waals surface area contributed by atoms with Crippen molar-refractivity contribution in [3.63, 3.8) is 0 Å².